The average Bonchev–Trinajstić information content (AvgIpc) is 2.54. The first-order chi connectivity index (χ1) is 11.1. The number of carbonyl (C=O) groups excluding carboxylic acids is 1. The van der Waals surface area contributed by atoms with Crippen LogP contribution in [0.5, 0.6) is 11.5 Å². The number of hydrogen-bond acceptors (Lipinski definition) is 3. The van der Waals surface area contributed by atoms with E-state index in [0.717, 1.165) is 28.3 Å². The Labute approximate surface area is 135 Å². The van der Waals surface area contributed by atoms with Crippen LogP contribution < -0.4 is 20.1 Å². The molecule has 3 rings (SSSR count). The van der Waals surface area contributed by atoms with Gasteiger partial charge < -0.3 is 20.1 Å². The molecule has 0 radical (unpaired) electrons. The number of anilines is 1. The molecule has 5 nitrogen and oxygen atoms in total. The van der Waals surface area contributed by atoms with Crippen LogP contribution in [0.3, 0.4) is 0 Å². The molecule has 5 heteroatoms. The molecule has 0 fully saturated rings. The highest BCUT2D eigenvalue weighted by Gasteiger charge is 2.15. The third-order valence-electron chi connectivity index (χ3n) is 3.69. The van der Waals surface area contributed by atoms with Crippen molar-refractivity contribution in [2.75, 3.05) is 18.5 Å². The number of carbonyl (C=O) groups is 1. The molecule has 1 unspecified atom stereocenters. The minimum absolute atomic E-state index is 0.143. The summed E-state index contributed by atoms with van der Waals surface area (Å²) in [5, 5.41) is 5.76. The van der Waals surface area contributed by atoms with E-state index in [0.29, 0.717) is 13.2 Å². The molecule has 23 heavy (non-hydrogen) atoms. The monoisotopic (exact) mass is 312 g/mol. The van der Waals surface area contributed by atoms with Crippen LogP contribution in [0.4, 0.5) is 10.5 Å². The summed E-state index contributed by atoms with van der Waals surface area (Å²) in [6, 6.07) is 13.0. The Balaban J connectivity index is 1.64. The fourth-order valence-corrected chi connectivity index (χ4v) is 2.50. The Hall–Kier alpha value is -2.69. The van der Waals surface area contributed by atoms with E-state index in [4.69, 9.17) is 9.47 Å². The van der Waals surface area contributed by atoms with Gasteiger partial charge in [0, 0.05) is 5.69 Å². The molecule has 2 aromatic rings. The highest BCUT2D eigenvalue weighted by Crippen LogP contribution is 2.32. The predicted octanol–water partition coefficient (Wildman–Crippen LogP) is 3.65. The predicted molar refractivity (Wildman–Crippen MR) is 89.2 cm³/mol. The van der Waals surface area contributed by atoms with Crippen LogP contribution in [0.25, 0.3) is 0 Å². The molecule has 1 aliphatic rings. The molecule has 0 aromatic heterocycles. The fourth-order valence-electron chi connectivity index (χ4n) is 2.50. The van der Waals surface area contributed by atoms with E-state index in [-0.39, 0.29) is 12.1 Å². The summed E-state index contributed by atoms with van der Waals surface area (Å²) in [5.74, 6) is 1.47. The molecule has 1 atom stereocenters. The summed E-state index contributed by atoms with van der Waals surface area (Å²) < 4.78 is 11.1. The first-order valence-corrected chi connectivity index (χ1v) is 7.65. The Morgan fingerprint density at radius 1 is 1.09 bits per heavy atom. The van der Waals surface area contributed by atoms with Crippen LogP contribution in [-0.2, 0) is 0 Å². The highest BCUT2D eigenvalue weighted by atomic mass is 16.6. The number of nitrogens with one attached hydrogen (secondary N) is 2. The molecule has 0 saturated carbocycles. The standard InChI is InChI=1S/C18H20N2O3/c1-12-4-3-5-15(10-12)20-18(21)19-13(2)14-6-7-16-17(11-14)23-9-8-22-16/h3-7,10-11,13H,8-9H2,1-2H3,(H2,19,20,21). The maximum Gasteiger partial charge on any atom is 0.319 e. The lowest BCUT2D eigenvalue weighted by Crippen LogP contribution is -2.31. The molecule has 0 spiro atoms. The van der Waals surface area contributed by atoms with E-state index < -0.39 is 0 Å². The van der Waals surface area contributed by atoms with Gasteiger partial charge in [-0.15, -0.1) is 0 Å². The van der Waals surface area contributed by atoms with Crippen molar-refractivity contribution in [2.45, 2.75) is 19.9 Å². The lowest BCUT2D eigenvalue weighted by molar-refractivity contribution is 0.171. The zero-order chi connectivity index (χ0) is 16.2. The number of urea groups is 1. The topological polar surface area (TPSA) is 59.6 Å². The fraction of sp³-hybridized carbons (Fsp3) is 0.278. The van der Waals surface area contributed by atoms with Gasteiger partial charge in [0.15, 0.2) is 11.5 Å². The van der Waals surface area contributed by atoms with Crippen molar-refractivity contribution < 1.29 is 14.3 Å². The molecular formula is C18H20N2O3. The summed E-state index contributed by atoms with van der Waals surface area (Å²) in [4.78, 5) is 12.1. The summed E-state index contributed by atoms with van der Waals surface area (Å²) in [5.41, 5.74) is 2.84. The first-order valence-electron chi connectivity index (χ1n) is 7.65. The third kappa shape index (κ3) is 3.74. The third-order valence-corrected chi connectivity index (χ3v) is 3.69. The molecular weight excluding hydrogens is 292 g/mol. The summed E-state index contributed by atoms with van der Waals surface area (Å²) in [6.45, 7) is 5.04. The van der Waals surface area contributed by atoms with E-state index in [1.165, 1.54) is 0 Å². The second-order valence-electron chi connectivity index (χ2n) is 5.59. The van der Waals surface area contributed by atoms with Gasteiger partial charge in [-0.3, -0.25) is 0 Å². The molecule has 2 N–H and O–H groups in total. The summed E-state index contributed by atoms with van der Waals surface area (Å²) >= 11 is 0. The van der Waals surface area contributed by atoms with Gasteiger partial charge in [-0.2, -0.15) is 0 Å². The number of amides is 2. The van der Waals surface area contributed by atoms with E-state index in [1.807, 2.05) is 56.3 Å². The molecule has 2 aromatic carbocycles. The molecule has 1 aliphatic heterocycles. The second-order valence-corrected chi connectivity index (χ2v) is 5.59. The summed E-state index contributed by atoms with van der Waals surface area (Å²) in [7, 11) is 0. The zero-order valence-corrected chi connectivity index (χ0v) is 13.3. The molecule has 0 bridgehead atoms. The van der Waals surface area contributed by atoms with Crippen LogP contribution in [-0.4, -0.2) is 19.2 Å². The minimum Gasteiger partial charge on any atom is -0.486 e. The zero-order valence-electron chi connectivity index (χ0n) is 13.3. The Bertz CT molecular complexity index is 715. The van der Waals surface area contributed by atoms with Crippen molar-refractivity contribution in [3.05, 3.63) is 53.6 Å². The van der Waals surface area contributed by atoms with Gasteiger partial charge in [0.1, 0.15) is 13.2 Å². The molecule has 0 saturated heterocycles. The van der Waals surface area contributed by atoms with Gasteiger partial charge in [-0.25, -0.2) is 4.79 Å². The van der Waals surface area contributed by atoms with Crippen LogP contribution >= 0.6 is 0 Å². The van der Waals surface area contributed by atoms with Gasteiger partial charge in [0.2, 0.25) is 0 Å². The van der Waals surface area contributed by atoms with E-state index in [1.54, 1.807) is 0 Å². The number of benzene rings is 2. The van der Waals surface area contributed by atoms with Crippen molar-refractivity contribution in [3.63, 3.8) is 0 Å². The number of ether oxygens (including phenoxy) is 2. The minimum atomic E-state index is -0.238. The van der Waals surface area contributed by atoms with Crippen molar-refractivity contribution in [3.8, 4) is 11.5 Å². The number of aryl methyl sites for hydroxylation is 1. The number of rotatable bonds is 3. The van der Waals surface area contributed by atoms with Gasteiger partial charge >= 0.3 is 6.03 Å². The molecule has 120 valence electrons. The molecule has 1 heterocycles. The van der Waals surface area contributed by atoms with E-state index >= 15 is 0 Å². The normalized spacial score (nSPS) is 14.0. The average molecular weight is 312 g/mol. The molecule has 0 aliphatic carbocycles. The van der Waals surface area contributed by atoms with Crippen molar-refractivity contribution in [1.82, 2.24) is 5.32 Å². The van der Waals surface area contributed by atoms with Crippen LogP contribution in [0.15, 0.2) is 42.5 Å². The maximum atomic E-state index is 12.1. The smallest absolute Gasteiger partial charge is 0.319 e. The Morgan fingerprint density at radius 2 is 1.87 bits per heavy atom. The Kier molecular flexibility index (Phi) is 4.37. The lowest BCUT2D eigenvalue weighted by atomic mass is 10.1. The highest BCUT2D eigenvalue weighted by molar-refractivity contribution is 5.89. The maximum absolute atomic E-state index is 12.1. The number of hydrogen-bond donors (Lipinski definition) is 2. The van der Waals surface area contributed by atoms with Gasteiger partial charge in [-0.05, 0) is 49.2 Å². The lowest BCUT2D eigenvalue weighted by Gasteiger charge is -2.21. The van der Waals surface area contributed by atoms with E-state index in [9.17, 15) is 4.79 Å². The second kappa shape index (κ2) is 6.60. The summed E-state index contributed by atoms with van der Waals surface area (Å²) in [6.07, 6.45) is 0. The van der Waals surface area contributed by atoms with Gasteiger partial charge in [0.05, 0.1) is 6.04 Å². The van der Waals surface area contributed by atoms with Crippen molar-refractivity contribution in [1.29, 1.82) is 0 Å². The Morgan fingerprint density at radius 3 is 2.65 bits per heavy atom. The van der Waals surface area contributed by atoms with Gasteiger partial charge in [0.25, 0.3) is 0 Å². The van der Waals surface area contributed by atoms with Crippen LogP contribution in [0, 0.1) is 6.92 Å². The van der Waals surface area contributed by atoms with Crippen LogP contribution in [0.1, 0.15) is 24.1 Å². The van der Waals surface area contributed by atoms with Crippen molar-refractivity contribution >= 4 is 11.7 Å². The van der Waals surface area contributed by atoms with Crippen LogP contribution in [0.2, 0.25) is 0 Å². The SMILES string of the molecule is Cc1cccc(NC(=O)NC(C)c2ccc3c(c2)OCCO3)c1. The molecule has 2 amide bonds. The van der Waals surface area contributed by atoms with Crippen molar-refractivity contribution in [2.24, 2.45) is 0 Å². The van der Waals surface area contributed by atoms with Gasteiger partial charge in [-0.1, -0.05) is 18.2 Å². The first kappa shape index (κ1) is 15.2. The quantitative estimate of drug-likeness (QED) is 0.909. The number of fused-ring (bicyclic) bond motifs is 1. The van der Waals surface area contributed by atoms with E-state index in [2.05, 4.69) is 10.6 Å². The largest absolute Gasteiger partial charge is 0.486 e.